The summed E-state index contributed by atoms with van der Waals surface area (Å²) < 4.78 is 0.896. The van der Waals surface area contributed by atoms with Gasteiger partial charge in [0.1, 0.15) is 10.4 Å². The molecule has 23 heavy (non-hydrogen) atoms. The van der Waals surface area contributed by atoms with Gasteiger partial charge in [-0.05, 0) is 23.8 Å². The number of fused-ring (bicyclic) bond motifs is 1. The SMILES string of the molecule is N#Cc1ccccc1NC(=O)CSC1=Nc2ccccc2CS1. The fraction of sp³-hybridized carbons (Fsp3) is 0.118. The molecule has 0 bridgehead atoms. The summed E-state index contributed by atoms with van der Waals surface area (Å²) in [5.74, 6) is 1.01. The number of nitriles is 1. The second-order valence-corrected chi connectivity index (χ2v) is 6.98. The molecule has 4 nitrogen and oxygen atoms in total. The zero-order chi connectivity index (χ0) is 16.1. The number of benzene rings is 2. The number of amides is 1. The van der Waals surface area contributed by atoms with Crippen LogP contribution in [0.1, 0.15) is 11.1 Å². The first kappa shape index (κ1) is 15.7. The first-order chi connectivity index (χ1) is 11.3. The van der Waals surface area contributed by atoms with Crippen LogP contribution in [0, 0.1) is 11.3 Å². The Hall–Kier alpha value is -2.23. The normalized spacial score (nSPS) is 12.7. The van der Waals surface area contributed by atoms with Gasteiger partial charge >= 0.3 is 0 Å². The molecule has 0 atom stereocenters. The van der Waals surface area contributed by atoms with E-state index in [9.17, 15) is 4.79 Å². The predicted molar refractivity (Wildman–Crippen MR) is 97.1 cm³/mol. The molecular weight excluding hydrogens is 326 g/mol. The van der Waals surface area contributed by atoms with Gasteiger partial charge in [-0.3, -0.25) is 4.79 Å². The van der Waals surface area contributed by atoms with Crippen molar-refractivity contribution in [2.24, 2.45) is 4.99 Å². The largest absolute Gasteiger partial charge is 0.324 e. The highest BCUT2D eigenvalue weighted by molar-refractivity contribution is 8.38. The molecule has 0 aromatic heterocycles. The maximum Gasteiger partial charge on any atom is 0.234 e. The third-order valence-electron chi connectivity index (χ3n) is 3.20. The van der Waals surface area contributed by atoms with Crippen molar-refractivity contribution in [1.29, 1.82) is 5.26 Å². The summed E-state index contributed by atoms with van der Waals surface area (Å²) in [6.45, 7) is 0. The van der Waals surface area contributed by atoms with Crippen molar-refractivity contribution in [3.8, 4) is 6.07 Å². The van der Waals surface area contributed by atoms with E-state index in [1.54, 1.807) is 36.0 Å². The molecule has 0 saturated carbocycles. The Morgan fingerprint density at radius 1 is 1.26 bits per heavy atom. The van der Waals surface area contributed by atoms with E-state index in [2.05, 4.69) is 22.4 Å². The second kappa shape index (κ2) is 7.36. The molecule has 1 aliphatic rings. The Balaban J connectivity index is 1.60. The van der Waals surface area contributed by atoms with Crippen molar-refractivity contribution >= 4 is 45.2 Å². The van der Waals surface area contributed by atoms with E-state index in [0.29, 0.717) is 11.3 Å². The first-order valence-electron chi connectivity index (χ1n) is 6.97. The molecule has 0 fully saturated rings. The van der Waals surface area contributed by atoms with E-state index in [1.165, 1.54) is 17.3 Å². The summed E-state index contributed by atoms with van der Waals surface area (Å²) in [6, 6.07) is 17.1. The highest BCUT2D eigenvalue weighted by Crippen LogP contribution is 2.34. The van der Waals surface area contributed by atoms with Crippen molar-refractivity contribution in [2.75, 3.05) is 11.1 Å². The molecule has 3 rings (SSSR count). The maximum absolute atomic E-state index is 12.1. The van der Waals surface area contributed by atoms with Gasteiger partial charge in [-0.25, -0.2) is 4.99 Å². The summed E-state index contributed by atoms with van der Waals surface area (Å²) in [5.41, 5.74) is 3.20. The summed E-state index contributed by atoms with van der Waals surface area (Å²) in [4.78, 5) is 16.6. The van der Waals surface area contributed by atoms with Crippen molar-refractivity contribution in [3.63, 3.8) is 0 Å². The number of aliphatic imine (C=N–C) groups is 1. The van der Waals surface area contributed by atoms with Gasteiger partial charge in [-0.1, -0.05) is 53.9 Å². The summed E-state index contributed by atoms with van der Waals surface area (Å²) in [7, 11) is 0. The fourth-order valence-corrected chi connectivity index (χ4v) is 3.95. The fourth-order valence-electron chi connectivity index (χ4n) is 2.09. The van der Waals surface area contributed by atoms with Crippen LogP contribution in [0.4, 0.5) is 11.4 Å². The number of thioether (sulfide) groups is 2. The molecule has 1 heterocycles. The molecule has 6 heteroatoms. The van der Waals surface area contributed by atoms with Crippen molar-refractivity contribution in [2.45, 2.75) is 5.75 Å². The molecule has 1 N–H and O–H groups in total. The van der Waals surface area contributed by atoms with Gasteiger partial charge in [0, 0.05) is 5.75 Å². The van der Waals surface area contributed by atoms with Gasteiger partial charge in [-0.15, -0.1) is 0 Å². The number of carbonyl (C=O) groups excluding carboxylic acids is 1. The lowest BCUT2D eigenvalue weighted by Gasteiger charge is -2.14. The van der Waals surface area contributed by atoms with Gasteiger partial charge in [0.2, 0.25) is 5.91 Å². The minimum Gasteiger partial charge on any atom is -0.324 e. The van der Waals surface area contributed by atoms with Gasteiger partial charge < -0.3 is 5.32 Å². The van der Waals surface area contributed by atoms with Gasteiger partial charge in [0.05, 0.1) is 22.7 Å². The molecule has 0 saturated heterocycles. The Morgan fingerprint density at radius 2 is 2.04 bits per heavy atom. The number of hydrogen-bond donors (Lipinski definition) is 1. The van der Waals surface area contributed by atoms with Crippen LogP contribution in [0.15, 0.2) is 53.5 Å². The average Bonchev–Trinajstić information content (AvgIpc) is 2.60. The number of nitrogens with one attached hydrogen (secondary N) is 1. The molecule has 2 aromatic rings. The monoisotopic (exact) mass is 339 g/mol. The van der Waals surface area contributed by atoms with Crippen molar-refractivity contribution < 1.29 is 4.79 Å². The van der Waals surface area contributed by atoms with Crippen molar-refractivity contribution in [1.82, 2.24) is 0 Å². The lowest BCUT2D eigenvalue weighted by molar-refractivity contribution is -0.113. The number of para-hydroxylation sites is 2. The van der Waals surface area contributed by atoms with Gasteiger partial charge in [0.15, 0.2) is 0 Å². The van der Waals surface area contributed by atoms with Gasteiger partial charge in [0.25, 0.3) is 0 Å². The summed E-state index contributed by atoms with van der Waals surface area (Å²) in [6.07, 6.45) is 0. The zero-order valence-corrected chi connectivity index (χ0v) is 13.8. The number of rotatable bonds is 3. The first-order valence-corrected chi connectivity index (χ1v) is 8.94. The third kappa shape index (κ3) is 3.95. The Labute approximate surface area is 143 Å². The molecule has 1 amide bonds. The lowest BCUT2D eigenvalue weighted by atomic mass is 10.2. The Bertz CT molecular complexity index is 811. The van der Waals surface area contributed by atoms with Crippen molar-refractivity contribution in [3.05, 3.63) is 59.7 Å². The highest BCUT2D eigenvalue weighted by atomic mass is 32.2. The van der Waals surface area contributed by atoms with E-state index >= 15 is 0 Å². The molecule has 2 aromatic carbocycles. The van der Waals surface area contributed by atoms with Crippen LogP contribution in [-0.2, 0) is 10.5 Å². The predicted octanol–water partition coefficient (Wildman–Crippen LogP) is 4.16. The average molecular weight is 339 g/mol. The summed E-state index contributed by atoms with van der Waals surface area (Å²) >= 11 is 3.06. The number of hydrogen-bond acceptors (Lipinski definition) is 5. The van der Waals surface area contributed by atoms with E-state index in [0.717, 1.165) is 15.8 Å². The van der Waals surface area contributed by atoms with Crippen LogP contribution >= 0.6 is 23.5 Å². The molecular formula is C17H13N3OS2. The lowest BCUT2D eigenvalue weighted by Crippen LogP contribution is -2.16. The van der Waals surface area contributed by atoms with Crippen LogP contribution in [0.2, 0.25) is 0 Å². The summed E-state index contributed by atoms with van der Waals surface area (Å²) in [5, 5.41) is 11.8. The highest BCUT2D eigenvalue weighted by Gasteiger charge is 2.14. The Kier molecular flexibility index (Phi) is 5.01. The van der Waals surface area contributed by atoms with E-state index < -0.39 is 0 Å². The van der Waals surface area contributed by atoms with Crippen LogP contribution in [0.3, 0.4) is 0 Å². The standard InChI is InChI=1S/C17H13N3OS2/c18-9-12-5-1-3-7-14(12)19-16(21)11-23-17-20-15-8-4-2-6-13(15)10-22-17/h1-8H,10-11H2,(H,19,21). The smallest absolute Gasteiger partial charge is 0.234 e. The third-order valence-corrected chi connectivity index (χ3v) is 5.45. The maximum atomic E-state index is 12.1. The zero-order valence-electron chi connectivity index (χ0n) is 12.2. The van der Waals surface area contributed by atoms with E-state index in [4.69, 9.17) is 5.26 Å². The minimum atomic E-state index is -0.139. The van der Waals surface area contributed by atoms with Crippen LogP contribution in [-0.4, -0.2) is 16.0 Å². The Morgan fingerprint density at radius 3 is 2.91 bits per heavy atom. The van der Waals surface area contributed by atoms with E-state index in [-0.39, 0.29) is 11.7 Å². The number of nitrogens with zero attached hydrogens (tertiary/aromatic N) is 2. The quantitative estimate of drug-likeness (QED) is 0.912. The molecule has 0 spiro atoms. The molecule has 0 aliphatic carbocycles. The molecule has 1 aliphatic heterocycles. The second-order valence-electron chi connectivity index (χ2n) is 4.79. The van der Waals surface area contributed by atoms with Crippen LogP contribution in [0.5, 0.6) is 0 Å². The van der Waals surface area contributed by atoms with Gasteiger partial charge in [-0.2, -0.15) is 5.26 Å². The number of carbonyl (C=O) groups is 1. The van der Waals surface area contributed by atoms with E-state index in [1.807, 2.05) is 18.2 Å². The number of anilines is 1. The van der Waals surface area contributed by atoms with Crippen LogP contribution in [0.25, 0.3) is 0 Å². The molecule has 0 unspecified atom stereocenters. The molecule has 0 radical (unpaired) electrons. The minimum absolute atomic E-state index is 0.139. The topological polar surface area (TPSA) is 65.2 Å². The molecule has 114 valence electrons. The van der Waals surface area contributed by atoms with Crippen LogP contribution < -0.4 is 5.32 Å².